The lowest BCUT2D eigenvalue weighted by Crippen LogP contribution is -2.30. The Balaban J connectivity index is 1.50. The van der Waals surface area contributed by atoms with E-state index in [9.17, 15) is 14.4 Å². The molecule has 2 amide bonds. The molecule has 42 heavy (non-hydrogen) atoms. The maximum absolute atomic E-state index is 13.4. The standard InChI is InChI=1S/C33H30N2O6S/c1-39-26-13-7-11-23(19-26)29(36)21-42-27-17-15-25(16-18-27)34-33(38)28(35-32(37)22-9-5-4-6-10-22)20-24-12-8-14-30(40-2)31(24)41-3/h4-20H,21H2,1-3H3,(H,34,38)(H,35,37)/b28-20-. The Labute approximate surface area is 248 Å². The highest BCUT2D eigenvalue weighted by atomic mass is 32.2. The molecule has 0 unspecified atom stereocenters. The first-order valence-electron chi connectivity index (χ1n) is 12.9. The molecule has 0 spiro atoms. The first-order valence-corrected chi connectivity index (χ1v) is 13.9. The van der Waals surface area contributed by atoms with Crippen LogP contribution in [0.1, 0.15) is 26.3 Å². The summed E-state index contributed by atoms with van der Waals surface area (Å²) in [6.07, 6.45) is 1.53. The van der Waals surface area contributed by atoms with Crippen LogP contribution in [0.25, 0.3) is 6.08 Å². The summed E-state index contributed by atoms with van der Waals surface area (Å²) in [6.45, 7) is 0. The summed E-state index contributed by atoms with van der Waals surface area (Å²) in [5.74, 6) is 0.795. The molecule has 0 atom stereocenters. The van der Waals surface area contributed by atoms with Crippen molar-refractivity contribution in [1.29, 1.82) is 0 Å². The number of hydrogen-bond acceptors (Lipinski definition) is 7. The molecule has 0 heterocycles. The van der Waals surface area contributed by atoms with E-state index in [4.69, 9.17) is 14.2 Å². The van der Waals surface area contributed by atoms with Gasteiger partial charge in [0.15, 0.2) is 17.3 Å². The maximum Gasteiger partial charge on any atom is 0.272 e. The number of benzene rings is 4. The highest BCUT2D eigenvalue weighted by Gasteiger charge is 2.17. The third-order valence-electron chi connectivity index (χ3n) is 6.14. The van der Waals surface area contributed by atoms with Crippen molar-refractivity contribution in [2.24, 2.45) is 0 Å². The molecule has 0 saturated carbocycles. The Kier molecular flexibility index (Phi) is 10.4. The number of anilines is 1. The number of carbonyl (C=O) groups is 3. The summed E-state index contributed by atoms with van der Waals surface area (Å²) < 4.78 is 16.1. The van der Waals surface area contributed by atoms with Crippen molar-refractivity contribution in [3.63, 3.8) is 0 Å². The summed E-state index contributed by atoms with van der Waals surface area (Å²) in [4.78, 5) is 39.9. The quantitative estimate of drug-likeness (QED) is 0.118. The molecule has 4 aromatic carbocycles. The molecule has 0 fully saturated rings. The van der Waals surface area contributed by atoms with Gasteiger partial charge in [0.2, 0.25) is 0 Å². The first kappa shape index (κ1) is 30.0. The van der Waals surface area contributed by atoms with Crippen LogP contribution in [0.5, 0.6) is 17.2 Å². The number of para-hydroxylation sites is 1. The summed E-state index contributed by atoms with van der Waals surface area (Å²) >= 11 is 1.39. The van der Waals surface area contributed by atoms with Gasteiger partial charge < -0.3 is 24.8 Å². The topological polar surface area (TPSA) is 103 Å². The molecule has 0 aromatic heterocycles. The second-order valence-corrected chi connectivity index (χ2v) is 9.93. The van der Waals surface area contributed by atoms with E-state index in [0.29, 0.717) is 39.6 Å². The van der Waals surface area contributed by atoms with E-state index < -0.39 is 11.8 Å². The minimum atomic E-state index is -0.530. The monoisotopic (exact) mass is 582 g/mol. The van der Waals surface area contributed by atoms with Crippen molar-refractivity contribution in [2.75, 3.05) is 32.4 Å². The molecule has 8 nitrogen and oxygen atoms in total. The van der Waals surface area contributed by atoms with E-state index in [0.717, 1.165) is 4.90 Å². The lowest BCUT2D eigenvalue weighted by molar-refractivity contribution is -0.113. The van der Waals surface area contributed by atoms with Gasteiger partial charge in [0.05, 0.1) is 27.1 Å². The third kappa shape index (κ3) is 7.80. The number of Topliss-reactive ketones (excluding diaryl/α,β-unsaturated/α-hetero) is 1. The SMILES string of the molecule is COc1cccc(C(=O)CSc2ccc(NC(=O)/C(=C/c3cccc(OC)c3OC)NC(=O)c3ccccc3)cc2)c1. The smallest absolute Gasteiger partial charge is 0.272 e. The molecular weight excluding hydrogens is 552 g/mol. The van der Waals surface area contributed by atoms with Crippen LogP contribution < -0.4 is 24.8 Å². The molecule has 9 heteroatoms. The van der Waals surface area contributed by atoms with Gasteiger partial charge in [0.25, 0.3) is 11.8 Å². The van der Waals surface area contributed by atoms with E-state index in [2.05, 4.69) is 10.6 Å². The summed E-state index contributed by atoms with van der Waals surface area (Å²) in [7, 11) is 4.58. The maximum atomic E-state index is 13.4. The second kappa shape index (κ2) is 14.6. The van der Waals surface area contributed by atoms with Crippen molar-refractivity contribution in [3.05, 3.63) is 119 Å². The number of amides is 2. The Hall–Kier alpha value is -5.02. The van der Waals surface area contributed by atoms with Crippen molar-refractivity contribution in [2.45, 2.75) is 4.90 Å². The zero-order valence-electron chi connectivity index (χ0n) is 23.4. The molecule has 0 aliphatic rings. The van der Waals surface area contributed by atoms with Crippen LogP contribution in [0.2, 0.25) is 0 Å². The van der Waals surface area contributed by atoms with Gasteiger partial charge >= 0.3 is 0 Å². The molecule has 214 valence electrons. The predicted octanol–water partition coefficient (Wildman–Crippen LogP) is 6.10. The van der Waals surface area contributed by atoms with Crippen LogP contribution in [0, 0.1) is 0 Å². The summed E-state index contributed by atoms with van der Waals surface area (Å²) in [6, 6.07) is 28.0. The Bertz CT molecular complexity index is 1590. The van der Waals surface area contributed by atoms with Crippen LogP contribution in [-0.2, 0) is 4.79 Å². The first-order chi connectivity index (χ1) is 20.4. The van der Waals surface area contributed by atoms with Gasteiger partial charge in [-0.2, -0.15) is 0 Å². The fourth-order valence-corrected chi connectivity index (χ4v) is 4.78. The van der Waals surface area contributed by atoms with Crippen LogP contribution in [0.15, 0.2) is 108 Å². The molecule has 0 aliphatic heterocycles. The number of nitrogens with one attached hydrogen (secondary N) is 2. The van der Waals surface area contributed by atoms with Gasteiger partial charge in [-0.25, -0.2) is 0 Å². The fourth-order valence-electron chi connectivity index (χ4n) is 3.99. The van der Waals surface area contributed by atoms with Crippen LogP contribution in [0.4, 0.5) is 5.69 Å². The van der Waals surface area contributed by atoms with E-state index in [1.54, 1.807) is 92.0 Å². The molecular formula is C33H30N2O6S. The molecule has 0 bridgehead atoms. The molecule has 0 aliphatic carbocycles. The Morgan fingerprint density at radius 1 is 0.762 bits per heavy atom. The lowest BCUT2D eigenvalue weighted by Gasteiger charge is -2.14. The number of carbonyl (C=O) groups excluding carboxylic acids is 3. The van der Waals surface area contributed by atoms with Gasteiger partial charge in [0.1, 0.15) is 11.4 Å². The Morgan fingerprint density at radius 3 is 2.17 bits per heavy atom. The Morgan fingerprint density at radius 2 is 1.48 bits per heavy atom. The van der Waals surface area contributed by atoms with E-state index >= 15 is 0 Å². The van der Waals surface area contributed by atoms with Crippen molar-refractivity contribution in [1.82, 2.24) is 5.32 Å². The minimum Gasteiger partial charge on any atom is -0.497 e. The van der Waals surface area contributed by atoms with Gasteiger partial charge in [-0.15, -0.1) is 11.8 Å². The van der Waals surface area contributed by atoms with Crippen LogP contribution >= 0.6 is 11.8 Å². The van der Waals surface area contributed by atoms with Gasteiger partial charge in [0, 0.05) is 27.3 Å². The zero-order valence-corrected chi connectivity index (χ0v) is 24.2. The van der Waals surface area contributed by atoms with Crippen molar-refractivity contribution >= 4 is 41.1 Å². The predicted molar refractivity (Wildman–Crippen MR) is 165 cm³/mol. The van der Waals surface area contributed by atoms with Crippen molar-refractivity contribution in [3.8, 4) is 17.2 Å². The summed E-state index contributed by atoms with van der Waals surface area (Å²) in [5, 5.41) is 5.55. The number of methoxy groups -OCH3 is 3. The van der Waals surface area contributed by atoms with E-state index in [-0.39, 0.29) is 17.2 Å². The normalized spacial score (nSPS) is 10.9. The average Bonchev–Trinajstić information content (AvgIpc) is 3.04. The molecule has 4 aromatic rings. The highest BCUT2D eigenvalue weighted by molar-refractivity contribution is 8.00. The van der Waals surface area contributed by atoms with Gasteiger partial charge in [-0.05, 0) is 60.7 Å². The highest BCUT2D eigenvalue weighted by Crippen LogP contribution is 2.32. The average molecular weight is 583 g/mol. The number of thioether (sulfide) groups is 1. The lowest BCUT2D eigenvalue weighted by atomic mass is 10.1. The van der Waals surface area contributed by atoms with Crippen molar-refractivity contribution < 1.29 is 28.6 Å². The molecule has 0 saturated heterocycles. The van der Waals surface area contributed by atoms with E-state index in [1.807, 2.05) is 12.1 Å². The largest absolute Gasteiger partial charge is 0.497 e. The van der Waals surface area contributed by atoms with Crippen LogP contribution in [0.3, 0.4) is 0 Å². The second-order valence-electron chi connectivity index (χ2n) is 8.88. The number of ether oxygens (including phenoxy) is 3. The minimum absolute atomic E-state index is 0.0118. The number of ketones is 1. The molecule has 4 rings (SSSR count). The molecule has 2 N–H and O–H groups in total. The number of hydrogen-bond donors (Lipinski definition) is 2. The number of rotatable bonds is 12. The fraction of sp³-hybridized carbons (Fsp3) is 0.121. The third-order valence-corrected chi connectivity index (χ3v) is 7.15. The van der Waals surface area contributed by atoms with Gasteiger partial charge in [-0.1, -0.05) is 42.5 Å². The zero-order chi connectivity index (χ0) is 29.9. The molecule has 0 radical (unpaired) electrons. The van der Waals surface area contributed by atoms with E-state index in [1.165, 1.54) is 32.1 Å². The van der Waals surface area contributed by atoms with Gasteiger partial charge in [-0.3, -0.25) is 14.4 Å². The van der Waals surface area contributed by atoms with Crippen LogP contribution in [-0.4, -0.2) is 44.7 Å². The summed E-state index contributed by atoms with van der Waals surface area (Å²) in [5.41, 5.74) is 2.05.